The average molecular weight is 216 g/mol. The maximum absolute atomic E-state index is 11.7. The predicted octanol–water partition coefficient (Wildman–Crippen LogP) is 1.93. The van der Waals surface area contributed by atoms with Gasteiger partial charge in [0.25, 0.3) is 0 Å². The van der Waals surface area contributed by atoms with Gasteiger partial charge < -0.3 is 9.05 Å². The zero-order chi connectivity index (χ0) is 10.6. The van der Waals surface area contributed by atoms with E-state index < -0.39 is 7.60 Å². The molecule has 0 spiro atoms. The second-order valence-corrected chi connectivity index (χ2v) is 5.19. The lowest BCUT2D eigenvalue weighted by Gasteiger charge is -2.14. The van der Waals surface area contributed by atoms with Crippen LogP contribution in [0.4, 0.5) is 0 Å². The highest BCUT2D eigenvalue weighted by atomic mass is 31.2. The first kappa shape index (κ1) is 11.4. The summed E-state index contributed by atoms with van der Waals surface area (Å²) in [6.45, 7) is 0. The fourth-order valence-corrected chi connectivity index (χ4v) is 2.20. The predicted molar refractivity (Wildman–Crippen MR) is 53.3 cm³/mol. The first-order valence-electron chi connectivity index (χ1n) is 4.20. The Bertz CT molecular complexity index is 322. The Morgan fingerprint density at radius 2 is 2.00 bits per heavy atom. The minimum atomic E-state index is -3.00. The molecule has 0 bridgehead atoms. The van der Waals surface area contributed by atoms with Crippen LogP contribution >= 0.6 is 7.60 Å². The minimum absolute atomic E-state index is 0.0541. The van der Waals surface area contributed by atoms with Crippen LogP contribution in [0.1, 0.15) is 6.42 Å². The highest BCUT2D eigenvalue weighted by molar-refractivity contribution is 7.54. The second kappa shape index (κ2) is 4.69. The van der Waals surface area contributed by atoms with E-state index in [1.807, 2.05) is 0 Å². The molecule has 1 aliphatic rings. The van der Waals surface area contributed by atoms with Gasteiger partial charge in [0.2, 0.25) is 0 Å². The number of carbonyl (C=O) groups is 1. The van der Waals surface area contributed by atoms with E-state index in [0.29, 0.717) is 6.42 Å². The summed E-state index contributed by atoms with van der Waals surface area (Å²) in [5, 5.41) is 0. The molecule has 4 nitrogen and oxygen atoms in total. The molecule has 78 valence electrons. The average Bonchev–Trinajstić information content (AvgIpc) is 2.21. The first-order valence-corrected chi connectivity index (χ1v) is 5.93. The molecule has 0 unspecified atom stereocenters. The molecule has 0 atom stereocenters. The lowest BCUT2D eigenvalue weighted by molar-refractivity contribution is -0.113. The third-order valence-electron chi connectivity index (χ3n) is 1.98. The molecule has 1 aliphatic carbocycles. The summed E-state index contributed by atoms with van der Waals surface area (Å²) in [7, 11) is -0.301. The van der Waals surface area contributed by atoms with Gasteiger partial charge in [0.15, 0.2) is 5.78 Å². The number of hydrogen-bond acceptors (Lipinski definition) is 4. The molecule has 0 amide bonds. The van der Waals surface area contributed by atoms with E-state index in [0.717, 1.165) is 5.57 Å². The van der Waals surface area contributed by atoms with Crippen molar-refractivity contribution in [3.05, 3.63) is 23.8 Å². The van der Waals surface area contributed by atoms with Gasteiger partial charge in [-0.05, 0) is 11.6 Å². The van der Waals surface area contributed by atoms with Crippen molar-refractivity contribution in [2.45, 2.75) is 6.42 Å². The van der Waals surface area contributed by atoms with Gasteiger partial charge >= 0.3 is 7.60 Å². The molecule has 0 aromatic rings. The fraction of sp³-hybridized carbons (Fsp3) is 0.444. The van der Waals surface area contributed by atoms with Crippen LogP contribution in [0.25, 0.3) is 0 Å². The molecule has 0 aromatic carbocycles. The Morgan fingerprint density at radius 1 is 1.36 bits per heavy atom. The van der Waals surface area contributed by atoms with Crippen molar-refractivity contribution in [2.24, 2.45) is 0 Å². The lowest BCUT2D eigenvalue weighted by Crippen LogP contribution is -2.02. The van der Waals surface area contributed by atoms with Gasteiger partial charge in [-0.3, -0.25) is 9.36 Å². The van der Waals surface area contributed by atoms with E-state index in [2.05, 4.69) is 0 Å². The molecule has 0 aromatic heterocycles. The maximum Gasteiger partial charge on any atom is 0.334 e. The Morgan fingerprint density at radius 3 is 2.43 bits per heavy atom. The smallest absolute Gasteiger partial charge is 0.312 e. The monoisotopic (exact) mass is 216 g/mol. The van der Waals surface area contributed by atoms with Crippen LogP contribution in [-0.4, -0.2) is 26.2 Å². The lowest BCUT2D eigenvalue weighted by atomic mass is 10.1. The highest BCUT2D eigenvalue weighted by Crippen LogP contribution is 2.48. The van der Waals surface area contributed by atoms with E-state index >= 15 is 0 Å². The van der Waals surface area contributed by atoms with E-state index in [1.54, 1.807) is 12.2 Å². The second-order valence-electron chi connectivity index (χ2n) is 2.92. The van der Waals surface area contributed by atoms with Crippen LogP contribution in [0, 0.1) is 0 Å². The van der Waals surface area contributed by atoms with E-state index in [1.165, 1.54) is 20.3 Å². The third-order valence-corrected chi connectivity index (χ3v) is 3.85. The van der Waals surface area contributed by atoms with Crippen molar-refractivity contribution in [1.29, 1.82) is 0 Å². The normalized spacial score (nSPS) is 17.0. The van der Waals surface area contributed by atoms with Crippen molar-refractivity contribution in [2.75, 3.05) is 20.4 Å². The first-order chi connectivity index (χ1) is 6.59. The minimum Gasteiger partial charge on any atom is -0.312 e. The molecule has 0 heterocycles. The molecule has 0 aliphatic heterocycles. The van der Waals surface area contributed by atoms with Crippen LogP contribution < -0.4 is 0 Å². The third kappa shape index (κ3) is 2.91. The van der Waals surface area contributed by atoms with Crippen molar-refractivity contribution in [3.8, 4) is 0 Å². The Kier molecular flexibility index (Phi) is 3.81. The van der Waals surface area contributed by atoms with Gasteiger partial charge in [0.05, 0.1) is 6.16 Å². The highest BCUT2D eigenvalue weighted by Gasteiger charge is 2.22. The molecule has 0 radical (unpaired) electrons. The largest absolute Gasteiger partial charge is 0.334 e. The molecule has 1 rings (SSSR count). The number of carbonyl (C=O) groups excluding carboxylic acids is 1. The quantitative estimate of drug-likeness (QED) is 0.674. The van der Waals surface area contributed by atoms with Crippen LogP contribution in [0.2, 0.25) is 0 Å². The van der Waals surface area contributed by atoms with Crippen molar-refractivity contribution in [1.82, 2.24) is 0 Å². The maximum atomic E-state index is 11.7. The van der Waals surface area contributed by atoms with Crippen LogP contribution in [0.15, 0.2) is 23.8 Å². The van der Waals surface area contributed by atoms with Gasteiger partial charge in [0.1, 0.15) is 0 Å². The summed E-state index contributed by atoms with van der Waals surface area (Å²) < 4.78 is 21.3. The van der Waals surface area contributed by atoms with Crippen molar-refractivity contribution >= 4 is 13.4 Å². The number of ketones is 1. The van der Waals surface area contributed by atoms with Gasteiger partial charge in [-0.15, -0.1) is 0 Å². The zero-order valence-corrected chi connectivity index (χ0v) is 9.12. The Labute approximate surface area is 83.1 Å². The fourth-order valence-electron chi connectivity index (χ4n) is 1.11. The number of allylic oxidation sites excluding steroid dienone is 4. The van der Waals surface area contributed by atoms with E-state index in [9.17, 15) is 9.36 Å². The summed E-state index contributed by atoms with van der Waals surface area (Å²) in [5.74, 6) is 0.0541. The van der Waals surface area contributed by atoms with Crippen LogP contribution in [0.3, 0.4) is 0 Å². The molecule has 0 saturated carbocycles. The molecular formula is C9H13O4P. The van der Waals surface area contributed by atoms with Crippen molar-refractivity contribution < 1.29 is 18.4 Å². The Hall–Kier alpha value is -0.700. The summed E-state index contributed by atoms with van der Waals surface area (Å²) >= 11 is 0. The van der Waals surface area contributed by atoms with Crippen LogP contribution in [0.5, 0.6) is 0 Å². The molecule has 0 saturated heterocycles. The molecular weight excluding hydrogens is 203 g/mol. The molecule has 14 heavy (non-hydrogen) atoms. The summed E-state index contributed by atoms with van der Waals surface area (Å²) in [4.78, 5) is 10.9. The topological polar surface area (TPSA) is 52.6 Å². The van der Waals surface area contributed by atoms with Crippen molar-refractivity contribution in [3.63, 3.8) is 0 Å². The SMILES string of the molecule is COP(=O)(CC1=CCC(=O)C=C1)OC. The number of rotatable bonds is 4. The molecule has 0 fully saturated rings. The summed E-state index contributed by atoms with van der Waals surface area (Å²) in [6.07, 6.45) is 5.44. The molecule has 5 heteroatoms. The number of hydrogen-bond donors (Lipinski definition) is 0. The summed E-state index contributed by atoms with van der Waals surface area (Å²) in [6, 6.07) is 0. The standard InChI is InChI=1S/C9H13O4P/c1-12-14(11,13-2)7-8-3-5-9(10)6-4-8/h3-5H,6-7H2,1-2H3. The van der Waals surface area contributed by atoms with Gasteiger partial charge in [-0.1, -0.05) is 12.2 Å². The Balaban J connectivity index is 2.66. The van der Waals surface area contributed by atoms with Gasteiger partial charge in [0, 0.05) is 20.6 Å². The molecule has 0 N–H and O–H groups in total. The van der Waals surface area contributed by atoms with Crippen LogP contribution in [-0.2, 0) is 18.4 Å². The zero-order valence-electron chi connectivity index (χ0n) is 8.23. The van der Waals surface area contributed by atoms with Gasteiger partial charge in [-0.2, -0.15) is 0 Å². The van der Waals surface area contributed by atoms with Gasteiger partial charge in [-0.25, -0.2) is 0 Å². The van der Waals surface area contributed by atoms with E-state index in [-0.39, 0.29) is 11.9 Å². The van der Waals surface area contributed by atoms with E-state index in [4.69, 9.17) is 9.05 Å². The summed E-state index contributed by atoms with van der Waals surface area (Å²) in [5.41, 5.74) is 0.816.